The molecule has 0 unspecified atom stereocenters. The van der Waals surface area contributed by atoms with Crippen molar-refractivity contribution in [3.8, 4) is 5.75 Å². The van der Waals surface area contributed by atoms with Crippen LogP contribution in [0.3, 0.4) is 0 Å². The Hall–Kier alpha value is -3.04. The van der Waals surface area contributed by atoms with Crippen LogP contribution in [0.15, 0.2) is 36.5 Å². The molecule has 1 amide bonds. The quantitative estimate of drug-likeness (QED) is 0.479. The Balaban J connectivity index is 2.02. The van der Waals surface area contributed by atoms with Gasteiger partial charge in [-0.25, -0.2) is 0 Å². The molecular formula is C19H16AsFN4O5S. The molecule has 0 fully saturated rings. The van der Waals surface area contributed by atoms with Crippen molar-refractivity contribution in [2.24, 2.45) is 0 Å². The molecule has 0 aliphatic rings. The number of carbonyl (C=O) groups is 2. The number of amides is 1. The minimum atomic E-state index is -3.72. The number of aromatic hydroxyl groups is 1. The molecule has 2 radical (unpaired) electrons. The van der Waals surface area contributed by atoms with E-state index in [4.69, 9.17) is 0 Å². The number of hydrogen-bond donors (Lipinski definition) is 2. The summed E-state index contributed by atoms with van der Waals surface area (Å²) < 4.78 is 37.9. The first kappa shape index (κ1) is 22.6. The first-order chi connectivity index (χ1) is 14.5. The van der Waals surface area contributed by atoms with E-state index in [0.717, 1.165) is 22.7 Å². The van der Waals surface area contributed by atoms with Crippen LogP contribution in [0, 0.1) is 5.82 Å². The van der Waals surface area contributed by atoms with E-state index < -0.39 is 37.8 Å². The summed E-state index contributed by atoms with van der Waals surface area (Å²) in [5.74, 6) is -2.04. The van der Waals surface area contributed by atoms with Crippen molar-refractivity contribution in [2.75, 3.05) is 17.6 Å². The number of anilines is 1. The number of nitrogens with zero attached hydrogens (tertiary/aromatic N) is 3. The fourth-order valence-corrected chi connectivity index (χ4v) is 3.71. The summed E-state index contributed by atoms with van der Waals surface area (Å²) in [5.41, 5.74) is -0.0157. The average molecular weight is 506 g/mol. The van der Waals surface area contributed by atoms with E-state index in [1.165, 1.54) is 25.4 Å². The molecule has 31 heavy (non-hydrogen) atoms. The van der Waals surface area contributed by atoms with Gasteiger partial charge in [0.05, 0.1) is 0 Å². The molecule has 0 aliphatic carbocycles. The molecule has 0 aliphatic heterocycles. The molecule has 12 heteroatoms. The van der Waals surface area contributed by atoms with Crippen LogP contribution in [0.5, 0.6) is 5.75 Å². The van der Waals surface area contributed by atoms with Gasteiger partial charge in [0.1, 0.15) is 0 Å². The van der Waals surface area contributed by atoms with E-state index in [0.29, 0.717) is 5.56 Å². The number of pyridine rings is 2. The van der Waals surface area contributed by atoms with Crippen molar-refractivity contribution in [1.29, 1.82) is 0 Å². The number of sulfonamides is 1. The SMILES string of the molecule is CN(c1nc(C(=O)NCc2ccc(F)cc2C(=O)[As])c(O)c2ncccc12)S(C)(=O)=O. The third kappa shape index (κ3) is 4.67. The van der Waals surface area contributed by atoms with Gasteiger partial charge in [-0.1, -0.05) is 0 Å². The van der Waals surface area contributed by atoms with Crippen LogP contribution in [0.2, 0.25) is 0 Å². The number of aromatic nitrogens is 2. The summed E-state index contributed by atoms with van der Waals surface area (Å²) >= 11 is 1.77. The summed E-state index contributed by atoms with van der Waals surface area (Å²) in [7, 11) is -2.46. The van der Waals surface area contributed by atoms with Crippen molar-refractivity contribution in [3.63, 3.8) is 0 Å². The van der Waals surface area contributed by atoms with Crippen molar-refractivity contribution >= 4 is 54.1 Å². The van der Waals surface area contributed by atoms with Gasteiger partial charge in [-0.3, -0.25) is 0 Å². The zero-order valence-electron chi connectivity index (χ0n) is 16.3. The molecule has 3 aromatic rings. The Morgan fingerprint density at radius 1 is 1.29 bits per heavy atom. The van der Waals surface area contributed by atoms with E-state index in [1.54, 1.807) is 22.9 Å². The predicted octanol–water partition coefficient (Wildman–Crippen LogP) is 1.11. The predicted molar refractivity (Wildman–Crippen MR) is 112 cm³/mol. The monoisotopic (exact) mass is 506 g/mol. The topological polar surface area (TPSA) is 130 Å². The number of halogens is 1. The molecule has 0 bridgehead atoms. The number of carbonyl (C=O) groups excluding carboxylic acids is 2. The van der Waals surface area contributed by atoms with Crippen LogP contribution in [-0.2, 0) is 16.6 Å². The van der Waals surface area contributed by atoms with Crippen LogP contribution in [0.25, 0.3) is 10.9 Å². The molecule has 0 saturated carbocycles. The van der Waals surface area contributed by atoms with Gasteiger partial charge in [0.25, 0.3) is 0 Å². The van der Waals surface area contributed by atoms with Gasteiger partial charge in [0, 0.05) is 0 Å². The molecule has 160 valence electrons. The van der Waals surface area contributed by atoms with Gasteiger partial charge in [0.15, 0.2) is 0 Å². The summed E-state index contributed by atoms with van der Waals surface area (Å²) in [6.07, 6.45) is 2.35. The first-order valence-electron chi connectivity index (χ1n) is 8.72. The Morgan fingerprint density at radius 3 is 2.65 bits per heavy atom. The Labute approximate surface area is 185 Å². The fourth-order valence-electron chi connectivity index (χ4n) is 2.82. The third-order valence-electron chi connectivity index (χ3n) is 4.47. The van der Waals surface area contributed by atoms with Crippen molar-refractivity contribution in [2.45, 2.75) is 6.54 Å². The molecule has 9 nitrogen and oxygen atoms in total. The summed E-state index contributed by atoms with van der Waals surface area (Å²) in [6.45, 7) is -0.156. The second-order valence-corrected chi connectivity index (χ2v) is 9.42. The number of nitrogens with one attached hydrogen (secondary N) is 1. The number of benzene rings is 1. The van der Waals surface area contributed by atoms with E-state index in [2.05, 4.69) is 15.3 Å². The molecule has 0 saturated heterocycles. The Kier molecular flexibility index (Phi) is 6.28. The normalized spacial score (nSPS) is 11.4. The first-order valence-corrected chi connectivity index (χ1v) is 11.5. The number of hydrogen-bond acceptors (Lipinski definition) is 7. The van der Waals surface area contributed by atoms with Crippen molar-refractivity contribution < 1.29 is 27.5 Å². The van der Waals surface area contributed by atoms with Gasteiger partial charge in [-0.2, -0.15) is 0 Å². The Morgan fingerprint density at radius 2 is 2.00 bits per heavy atom. The van der Waals surface area contributed by atoms with Crippen LogP contribution in [0.1, 0.15) is 26.4 Å². The molecule has 0 spiro atoms. The van der Waals surface area contributed by atoms with Crippen LogP contribution < -0.4 is 9.62 Å². The standard InChI is InChI=1S/C19H16AsFN4O5S/c1-25(31(2,29)30)18-12-4-3-7-22-14(12)16(26)15(24-18)19(28)23-9-10-5-6-11(21)8-13(10)17(20)27/h3-8,26H,9H2,1-2H3,(H,23,28). The average Bonchev–Trinajstić information content (AvgIpc) is 2.71. The van der Waals surface area contributed by atoms with Gasteiger partial charge in [0.2, 0.25) is 0 Å². The number of rotatable bonds is 6. The summed E-state index contributed by atoms with van der Waals surface area (Å²) in [5, 5.41) is 13.3. The molecule has 2 heterocycles. The fraction of sp³-hybridized carbons (Fsp3) is 0.158. The summed E-state index contributed by atoms with van der Waals surface area (Å²) in [4.78, 5) is 32.6. The summed E-state index contributed by atoms with van der Waals surface area (Å²) in [6, 6.07) is 6.61. The molecular weight excluding hydrogens is 490 g/mol. The van der Waals surface area contributed by atoms with Crippen LogP contribution >= 0.6 is 0 Å². The molecule has 2 N–H and O–H groups in total. The van der Waals surface area contributed by atoms with E-state index in [-0.39, 0.29) is 28.8 Å². The second kappa shape index (κ2) is 8.60. The molecule has 0 atom stereocenters. The van der Waals surface area contributed by atoms with Gasteiger partial charge in [-0.15, -0.1) is 0 Å². The third-order valence-corrected chi connectivity index (χ3v) is 6.14. The number of fused-ring (bicyclic) bond motifs is 1. The van der Waals surface area contributed by atoms with Crippen LogP contribution in [-0.4, -0.2) is 64.1 Å². The van der Waals surface area contributed by atoms with Gasteiger partial charge >= 0.3 is 186 Å². The zero-order chi connectivity index (χ0) is 22.9. The second-order valence-electron chi connectivity index (χ2n) is 6.55. The van der Waals surface area contributed by atoms with E-state index in [1.807, 2.05) is 0 Å². The molecule has 3 rings (SSSR count). The van der Waals surface area contributed by atoms with Crippen molar-refractivity contribution in [3.05, 3.63) is 59.2 Å². The van der Waals surface area contributed by atoms with E-state index in [9.17, 15) is 27.5 Å². The van der Waals surface area contributed by atoms with Gasteiger partial charge < -0.3 is 0 Å². The molecule has 1 aromatic carbocycles. The van der Waals surface area contributed by atoms with E-state index >= 15 is 0 Å². The zero-order valence-corrected chi connectivity index (χ0v) is 19.0. The minimum absolute atomic E-state index is 0.00310. The van der Waals surface area contributed by atoms with Gasteiger partial charge in [-0.05, 0) is 0 Å². The Bertz CT molecular complexity index is 1320. The molecule has 2 aromatic heterocycles. The van der Waals surface area contributed by atoms with Crippen LogP contribution in [0.4, 0.5) is 10.2 Å². The van der Waals surface area contributed by atoms with Crippen molar-refractivity contribution in [1.82, 2.24) is 15.3 Å². The maximum absolute atomic E-state index is 13.4. The maximum atomic E-state index is 13.4.